The van der Waals surface area contributed by atoms with E-state index in [-0.39, 0.29) is 17.5 Å². The van der Waals surface area contributed by atoms with Crippen molar-refractivity contribution < 1.29 is 0 Å². The lowest BCUT2D eigenvalue weighted by molar-refractivity contribution is 0.590. The monoisotopic (exact) mass is 1180 g/mol. The molecule has 2 aliphatic heterocycles. The maximum Gasteiger partial charge on any atom is 0.264 e. The van der Waals surface area contributed by atoms with Crippen LogP contribution in [0, 0.1) is 0 Å². The van der Waals surface area contributed by atoms with Crippen LogP contribution in [0.2, 0.25) is 0 Å². The van der Waals surface area contributed by atoms with Crippen LogP contribution in [-0.2, 0) is 10.8 Å². The normalized spacial score (nSPS) is 12.9. The molecule has 0 atom stereocenters. The van der Waals surface area contributed by atoms with Crippen molar-refractivity contribution in [3.8, 4) is 44.5 Å². The minimum atomic E-state index is -0.166. The fraction of sp³-hybridized carbons (Fsp3) is 0.0930. The highest BCUT2D eigenvalue weighted by molar-refractivity contribution is 7.33. The third kappa shape index (κ3) is 9.00. The highest BCUT2D eigenvalue weighted by atomic mass is 32.1. The molecule has 91 heavy (non-hydrogen) atoms. The van der Waals surface area contributed by atoms with Crippen LogP contribution in [0.25, 0.3) is 86.9 Å². The average Bonchev–Trinajstić information content (AvgIpc) is 1.69. The molecular weight excluding hydrogens is 1120 g/mol. The van der Waals surface area contributed by atoms with E-state index < -0.39 is 0 Å². The van der Waals surface area contributed by atoms with Gasteiger partial charge in [0.25, 0.3) is 6.71 Å². The summed E-state index contributed by atoms with van der Waals surface area (Å²) in [5.74, 6) is 0. The maximum absolute atomic E-state index is 2.67. The molecule has 0 saturated carbocycles. The molecule has 0 radical (unpaired) electrons. The van der Waals surface area contributed by atoms with E-state index in [1.165, 1.54) is 119 Å². The van der Waals surface area contributed by atoms with E-state index in [1.807, 2.05) is 11.3 Å². The van der Waals surface area contributed by atoms with Crippen LogP contribution in [0.1, 0.15) is 52.7 Å². The van der Waals surface area contributed by atoms with Crippen molar-refractivity contribution in [2.75, 3.05) is 14.7 Å². The first-order valence-corrected chi connectivity index (χ1v) is 32.7. The molecule has 1 aromatic heterocycles. The number of para-hydroxylation sites is 2. The maximum atomic E-state index is 2.67. The number of fused-ring (bicyclic) bond motifs is 6. The Morgan fingerprint density at radius 3 is 1.55 bits per heavy atom. The first kappa shape index (κ1) is 54.7. The van der Waals surface area contributed by atoms with Gasteiger partial charge in [0.2, 0.25) is 0 Å². The Kier molecular flexibility index (Phi) is 12.7. The molecule has 0 aliphatic carbocycles. The molecular formula is C86H66BN3S. The van der Waals surface area contributed by atoms with Gasteiger partial charge in [-0.05, 0) is 183 Å². The summed E-state index contributed by atoms with van der Waals surface area (Å²) in [6.45, 7) is 13.8. The quantitative estimate of drug-likeness (QED) is 0.105. The molecule has 3 heterocycles. The molecule has 434 valence electrons. The largest absolute Gasteiger partial charge is 0.311 e. The number of nitrogens with zero attached hydrogens (tertiary/aromatic N) is 3. The van der Waals surface area contributed by atoms with Crippen LogP contribution in [0.5, 0.6) is 0 Å². The van der Waals surface area contributed by atoms with E-state index in [0.717, 1.165) is 45.5 Å². The lowest BCUT2D eigenvalue weighted by atomic mass is 9.36. The molecule has 0 amide bonds. The molecule has 17 rings (SSSR count). The summed E-state index contributed by atoms with van der Waals surface area (Å²) in [5.41, 5.74) is 24.7. The summed E-state index contributed by atoms with van der Waals surface area (Å²) < 4.78 is 2.59. The standard InChI is InChI=1S/C86H66BN3S/c1-85(2,3)62-40-43-66(44-41-62)89-77-53-67(88(64-28-15-9-16-29-64)65-30-17-10-18-31-65)54-78-82(77)87(84-83(89)73-50-60(39-49-79(73)91-84)55-22-11-7-12-23-55)74-51-61(69-33-20-19-32-68(69)56-24-13-8-14-25-56)38-47-76(74)90(78)75-48-42-63(86(4,5)6)52-72(75)70-45-36-59-35-34-57-26-21-27-58-37-46-71(70)81(59)80(57)58/h7-54H,1-6H3. The third-order valence-electron chi connectivity index (χ3n) is 19.3. The van der Waals surface area contributed by atoms with Crippen LogP contribution < -0.4 is 30.4 Å². The van der Waals surface area contributed by atoms with Gasteiger partial charge in [0.1, 0.15) is 0 Å². The number of rotatable bonds is 9. The summed E-state index contributed by atoms with van der Waals surface area (Å²) in [6, 6.07) is 110. The molecule has 0 fully saturated rings. The third-order valence-corrected chi connectivity index (χ3v) is 20.5. The molecule has 2 aliphatic rings. The van der Waals surface area contributed by atoms with Crippen molar-refractivity contribution >= 4 is 127 Å². The second-order valence-corrected chi connectivity index (χ2v) is 27.9. The van der Waals surface area contributed by atoms with Crippen molar-refractivity contribution in [1.29, 1.82) is 0 Å². The zero-order valence-corrected chi connectivity index (χ0v) is 52.9. The second kappa shape index (κ2) is 21.1. The lowest BCUT2D eigenvalue weighted by Gasteiger charge is -2.44. The van der Waals surface area contributed by atoms with Gasteiger partial charge in [0, 0.05) is 54.6 Å². The van der Waals surface area contributed by atoms with Gasteiger partial charge in [0.15, 0.2) is 0 Å². The van der Waals surface area contributed by atoms with Crippen molar-refractivity contribution in [3.05, 3.63) is 302 Å². The van der Waals surface area contributed by atoms with Gasteiger partial charge in [-0.1, -0.05) is 254 Å². The minimum Gasteiger partial charge on any atom is -0.311 e. The summed E-state index contributed by atoms with van der Waals surface area (Å²) >= 11 is 1.95. The topological polar surface area (TPSA) is 9.72 Å². The van der Waals surface area contributed by atoms with Gasteiger partial charge >= 0.3 is 0 Å². The van der Waals surface area contributed by atoms with Crippen molar-refractivity contribution in [3.63, 3.8) is 0 Å². The number of hydrogen-bond donors (Lipinski definition) is 0. The molecule has 0 unspecified atom stereocenters. The second-order valence-electron chi connectivity index (χ2n) is 26.8. The molecule has 15 aromatic rings. The highest BCUT2D eigenvalue weighted by Gasteiger charge is 2.47. The fourth-order valence-electron chi connectivity index (χ4n) is 14.8. The molecule has 3 nitrogen and oxygen atoms in total. The fourth-order valence-corrected chi connectivity index (χ4v) is 16.1. The SMILES string of the molecule is CC(C)(C)c1ccc(N2c3cc(N(c4ccccc4)c4ccccc4)cc4c3B(c3cc(-c5ccccc5-c5ccccc5)ccc3N4c3ccc(C(C)(C)C)cc3-c3ccc4ccc5cccc6ccc3c4c56)c3sc4ccc(-c5ccccc5)cc4c32)cc1. The van der Waals surface area contributed by atoms with Crippen LogP contribution in [0.4, 0.5) is 51.2 Å². The average molecular weight is 1180 g/mol. The van der Waals surface area contributed by atoms with Crippen LogP contribution in [-0.4, -0.2) is 6.71 Å². The first-order valence-electron chi connectivity index (χ1n) is 31.9. The number of anilines is 9. The number of hydrogen-bond acceptors (Lipinski definition) is 4. The molecule has 0 N–H and O–H groups in total. The number of thiophene rings is 1. The zero-order valence-electron chi connectivity index (χ0n) is 52.0. The Morgan fingerprint density at radius 1 is 0.341 bits per heavy atom. The molecule has 0 saturated heterocycles. The van der Waals surface area contributed by atoms with Gasteiger partial charge in [0.05, 0.1) is 17.1 Å². The number of benzene rings is 14. The van der Waals surface area contributed by atoms with Gasteiger partial charge in [-0.3, -0.25) is 0 Å². The Hall–Kier alpha value is -10.5. The molecule has 0 spiro atoms. The molecule has 14 aromatic carbocycles. The highest BCUT2D eigenvalue weighted by Crippen LogP contribution is 2.54. The van der Waals surface area contributed by atoms with Crippen LogP contribution in [0.15, 0.2) is 291 Å². The molecule has 5 heteroatoms. The Bertz CT molecular complexity index is 5260. The van der Waals surface area contributed by atoms with E-state index in [4.69, 9.17) is 0 Å². The van der Waals surface area contributed by atoms with Gasteiger partial charge in [-0.2, -0.15) is 0 Å². The minimum absolute atomic E-state index is 0.0444. The predicted molar refractivity (Wildman–Crippen MR) is 393 cm³/mol. The first-order chi connectivity index (χ1) is 44.4. The Labute approximate surface area is 537 Å². The van der Waals surface area contributed by atoms with E-state index in [9.17, 15) is 0 Å². The van der Waals surface area contributed by atoms with E-state index in [2.05, 4.69) is 347 Å². The van der Waals surface area contributed by atoms with Crippen LogP contribution in [0.3, 0.4) is 0 Å². The summed E-state index contributed by atoms with van der Waals surface area (Å²) in [7, 11) is 0. The van der Waals surface area contributed by atoms with Crippen molar-refractivity contribution in [2.45, 2.75) is 52.4 Å². The van der Waals surface area contributed by atoms with E-state index in [1.54, 1.807) is 0 Å². The lowest BCUT2D eigenvalue weighted by Crippen LogP contribution is -2.60. The van der Waals surface area contributed by atoms with E-state index in [0.29, 0.717) is 0 Å². The Balaban J connectivity index is 1.03. The van der Waals surface area contributed by atoms with Gasteiger partial charge < -0.3 is 14.7 Å². The van der Waals surface area contributed by atoms with Crippen molar-refractivity contribution in [2.24, 2.45) is 0 Å². The summed E-state index contributed by atoms with van der Waals surface area (Å²) in [6.07, 6.45) is 0. The predicted octanol–water partition coefficient (Wildman–Crippen LogP) is 22.6. The van der Waals surface area contributed by atoms with Gasteiger partial charge in [-0.25, -0.2) is 0 Å². The van der Waals surface area contributed by atoms with Crippen LogP contribution >= 0.6 is 11.3 Å². The smallest absolute Gasteiger partial charge is 0.264 e. The summed E-state index contributed by atoms with van der Waals surface area (Å²) in [4.78, 5) is 7.77. The Morgan fingerprint density at radius 2 is 0.890 bits per heavy atom. The zero-order chi connectivity index (χ0) is 61.3. The molecule has 0 bridgehead atoms. The van der Waals surface area contributed by atoms with Gasteiger partial charge in [-0.15, -0.1) is 11.3 Å². The summed E-state index contributed by atoms with van der Waals surface area (Å²) in [5, 5.41) is 8.89. The van der Waals surface area contributed by atoms with Crippen molar-refractivity contribution in [1.82, 2.24) is 0 Å². The van der Waals surface area contributed by atoms with E-state index >= 15 is 0 Å².